The lowest BCUT2D eigenvalue weighted by Gasteiger charge is -2.16. The lowest BCUT2D eigenvalue weighted by atomic mass is 9.92. The topological polar surface area (TPSA) is 113 Å². The summed E-state index contributed by atoms with van der Waals surface area (Å²) in [5.74, 6) is 0.569. The van der Waals surface area contributed by atoms with Crippen LogP contribution in [0.3, 0.4) is 0 Å². The number of ether oxygens (including phenoxy) is 1. The van der Waals surface area contributed by atoms with Gasteiger partial charge in [-0.2, -0.15) is 4.63 Å². The number of amides is 2. The van der Waals surface area contributed by atoms with Gasteiger partial charge in [-0.1, -0.05) is 32.4 Å². The number of hydrogen-bond donors (Lipinski definition) is 3. The molecule has 160 valence electrons. The van der Waals surface area contributed by atoms with E-state index in [4.69, 9.17) is 16.3 Å². The largest absolute Gasteiger partial charge is 0.496 e. The summed E-state index contributed by atoms with van der Waals surface area (Å²) in [6.45, 7) is 7.84. The molecule has 0 aliphatic rings. The van der Waals surface area contributed by atoms with Crippen LogP contribution in [0.1, 0.15) is 39.8 Å². The number of aromatic nitrogens is 4. The highest BCUT2D eigenvalue weighted by Gasteiger charge is 2.25. The number of aromatic amines is 1. The van der Waals surface area contributed by atoms with Gasteiger partial charge in [-0.15, -0.1) is 5.10 Å². The molecule has 2 amide bonds. The number of halogens is 1. The maximum Gasteiger partial charge on any atom is 0.226 e. The first-order valence-electron chi connectivity index (χ1n) is 9.47. The van der Waals surface area contributed by atoms with E-state index in [1.807, 2.05) is 0 Å². The van der Waals surface area contributed by atoms with Gasteiger partial charge in [0, 0.05) is 37.1 Å². The van der Waals surface area contributed by atoms with E-state index >= 15 is 0 Å². The van der Waals surface area contributed by atoms with Crippen LogP contribution in [0.2, 0.25) is 5.02 Å². The minimum absolute atomic E-state index is 0.170. The zero-order chi connectivity index (χ0) is 22.1. The minimum Gasteiger partial charge on any atom is -0.496 e. The third kappa shape index (κ3) is 4.56. The Morgan fingerprint density at radius 2 is 2.03 bits per heavy atom. The van der Waals surface area contributed by atoms with E-state index in [-0.39, 0.29) is 30.2 Å². The number of nitrogens with one attached hydrogen (secondary N) is 3. The van der Waals surface area contributed by atoms with Gasteiger partial charge >= 0.3 is 0 Å². The second-order valence-corrected chi connectivity index (χ2v) is 8.30. The average molecular weight is 433 g/mol. The van der Waals surface area contributed by atoms with Crippen molar-refractivity contribution in [1.29, 1.82) is 0 Å². The molecular weight excluding hydrogens is 408 g/mol. The molecule has 0 atom stereocenters. The zero-order valence-electron chi connectivity index (χ0n) is 17.6. The molecule has 0 saturated heterocycles. The first-order valence-corrected chi connectivity index (χ1v) is 9.85. The Labute approximate surface area is 179 Å². The van der Waals surface area contributed by atoms with Gasteiger partial charge in [0.15, 0.2) is 11.5 Å². The van der Waals surface area contributed by atoms with Crippen LogP contribution in [0.5, 0.6) is 5.75 Å². The van der Waals surface area contributed by atoms with Gasteiger partial charge < -0.3 is 15.4 Å². The number of benzene rings is 1. The quantitative estimate of drug-likeness (QED) is 0.553. The van der Waals surface area contributed by atoms with Crippen LogP contribution >= 0.6 is 11.6 Å². The van der Waals surface area contributed by atoms with Crippen molar-refractivity contribution in [2.45, 2.75) is 39.5 Å². The molecular formula is C20H25ClN6O3. The molecule has 9 nitrogen and oxygen atoms in total. The van der Waals surface area contributed by atoms with Crippen molar-refractivity contribution in [2.75, 3.05) is 19.0 Å². The summed E-state index contributed by atoms with van der Waals surface area (Å²) in [5, 5.41) is 13.6. The molecule has 1 aromatic carbocycles. The standard InChI is InChI=1S/C20H25ClN6O3/c1-11(28)22-9-8-15(29)23-12-6-7-13(14(10-12)30-5)18-24-19-16(21)17(20(2,3)4)25-27(19)26-18/h6-7,10,25H,8-9H2,1-5H3,(H,22,28)(H,23,29). The Hall–Kier alpha value is -3.07. The summed E-state index contributed by atoms with van der Waals surface area (Å²) in [5.41, 5.74) is 2.46. The van der Waals surface area contributed by atoms with Crippen molar-refractivity contribution >= 4 is 34.7 Å². The van der Waals surface area contributed by atoms with Gasteiger partial charge in [0.2, 0.25) is 11.8 Å². The van der Waals surface area contributed by atoms with Crippen LogP contribution in [-0.2, 0) is 15.0 Å². The summed E-state index contributed by atoms with van der Waals surface area (Å²) in [6, 6.07) is 5.21. The van der Waals surface area contributed by atoms with Crippen molar-refractivity contribution in [1.82, 2.24) is 25.1 Å². The molecule has 0 spiro atoms. The van der Waals surface area contributed by atoms with Gasteiger partial charge in [0.25, 0.3) is 0 Å². The number of anilines is 1. The first-order chi connectivity index (χ1) is 14.1. The van der Waals surface area contributed by atoms with Crippen molar-refractivity contribution in [3.63, 3.8) is 0 Å². The van der Waals surface area contributed by atoms with Crippen molar-refractivity contribution in [2.24, 2.45) is 0 Å². The van der Waals surface area contributed by atoms with E-state index in [9.17, 15) is 9.59 Å². The molecule has 3 aromatic rings. The number of methoxy groups -OCH3 is 1. The Balaban J connectivity index is 1.83. The number of hydrogen-bond acceptors (Lipinski definition) is 5. The normalized spacial score (nSPS) is 11.5. The van der Waals surface area contributed by atoms with E-state index in [0.717, 1.165) is 5.69 Å². The maximum absolute atomic E-state index is 12.0. The minimum atomic E-state index is -0.214. The summed E-state index contributed by atoms with van der Waals surface area (Å²) in [7, 11) is 1.54. The van der Waals surface area contributed by atoms with Crippen molar-refractivity contribution in [3.8, 4) is 17.1 Å². The van der Waals surface area contributed by atoms with Crippen molar-refractivity contribution < 1.29 is 14.3 Å². The molecule has 0 fully saturated rings. The molecule has 3 N–H and O–H groups in total. The molecule has 0 aliphatic carbocycles. The van der Waals surface area contributed by atoms with E-state index in [1.54, 1.807) is 22.8 Å². The summed E-state index contributed by atoms with van der Waals surface area (Å²) >= 11 is 6.50. The number of nitrogens with zero attached hydrogens (tertiary/aromatic N) is 3. The number of carbonyl (C=O) groups is 2. The molecule has 0 saturated carbocycles. The van der Waals surface area contributed by atoms with Crippen LogP contribution < -0.4 is 15.4 Å². The van der Waals surface area contributed by atoms with Crippen LogP contribution in [0.25, 0.3) is 17.0 Å². The van der Waals surface area contributed by atoms with Gasteiger partial charge in [0.1, 0.15) is 10.8 Å². The number of carbonyl (C=O) groups excluding carboxylic acids is 2. The third-order valence-electron chi connectivity index (χ3n) is 4.44. The molecule has 2 heterocycles. The number of fused-ring (bicyclic) bond motifs is 1. The Morgan fingerprint density at radius 1 is 1.30 bits per heavy atom. The lowest BCUT2D eigenvalue weighted by molar-refractivity contribution is -0.119. The van der Waals surface area contributed by atoms with E-state index < -0.39 is 0 Å². The fourth-order valence-corrected chi connectivity index (χ4v) is 3.39. The highest BCUT2D eigenvalue weighted by Crippen LogP contribution is 2.34. The van der Waals surface area contributed by atoms with Crippen LogP contribution in [-0.4, -0.2) is 45.3 Å². The van der Waals surface area contributed by atoms with Crippen LogP contribution in [0, 0.1) is 0 Å². The van der Waals surface area contributed by atoms with Gasteiger partial charge in [-0.25, -0.2) is 4.98 Å². The molecule has 0 bridgehead atoms. The highest BCUT2D eigenvalue weighted by molar-refractivity contribution is 6.34. The van der Waals surface area contributed by atoms with E-state index in [1.165, 1.54) is 14.0 Å². The summed E-state index contributed by atoms with van der Waals surface area (Å²) in [4.78, 5) is 27.5. The fraction of sp³-hybridized carbons (Fsp3) is 0.400. The average Bonchev–Trinajstić information content (AvgIpc) is 3.20. The lowest BCUT2D eigenvalue weighted by Crippen LogP contribution is -2.25. The predicted molar refractivity (Wildman–Crippen MR) is 115 cm³/mol. The summed E-state index contributed by atoms with van der Waals surface area (Å²) < 4.78 is 7.03. The predicted octanol–water partition coefficient (Wildman–Crippen LogP) is 3.15. The SMILES string of the molecule is COc1cc(NC(=O)CCNC(C)=O)ccc1-c1nc2c(Cl)c(C(C)(C)C)[nH]n2n1. The van der Waals surface area contributed by atoms with Gasteiger partial charge in [-0.3, -0.25) is 14.7 Å². The second kappa shape index (κ2) is 8.35. The smallest absolute Gasteiger partial charge is 0.226 e. The van der Waals surface area contributed by atoms with Gasteiger partial charge in [-0.05, 0) is 12.1 Å². The second-order valence-electron chi connectivity index (χ2n) is 7.92. The number of rotatable bonds is 6. The molecule has 2 aromatic heterocycles. The van der Waals surface area contributed by atoms with Crippen molar-refractivity contribution in [3.05, 3.63) is 28.9 Å². The monoisotopic (exact) mass is 432 g/mol. The molecule has 3 rings (SSSR count). The van der Waals surface area contributed by atoms with E-state index in [0.29, 0.717) is 33.5 Å². The molecule has 0 radical (unpaired) electrons. The first kappa shape index (κ1) is 21.6. The van der Waals surface area contributed by atoms with E-state index in [2.05, 4.69) is 46.6 Å². The fourth-order valence-electron chi connectivity index (χ4n) is 2.94. The highest BCUT2D eigenvalue weighted by atomic mass is 35.5. The molecule has 30 heavy (non-hydrogen) atoms. The molecule has 0 aliphatic heterocycles. The van der Waals surface area contributed by atoms with Crippen LogP contribution in [0.4, 0.5) is 5.69 Å². The Morgan fingerprint density at radius 3 is 2.63 bits per heavy atom. The van der Waals surface area contributed by atoms with Crippen LogP contribution in [0.15, 0.2) is 18.2 Å². The third-order valence-corrected chi connectivity index (χ3v) is 4.80. The number of H-pyrrole nitrogens is 1. The Bertz CT molecular complexity index is 1100. The zero-order valence-corrected chi connectivity index (χ0v) is 18.3. The maximum atomic E-state index is 12.0. The Kier molecular flexibility index (Phi) is 6.02. The molecule has 10 heteroatoms. The summed E-state index contributed by atoms with van der Waals surface area (Å²) in [6.07, 6.45) is 0.172. The molecule has 0 unspecified atom stereocenters. The van der Waals surface area contributed by atoms with Gasteiger partial charge in [0.05, 0.1) is 18.4 Å².